The molecule has 1 aromatic rings. The molecule has 2 heterocycles. The highest BCUT2D eigenvalue weighted by Gasteiger charge is 2.53. The van der Waals surface area contributed by atoms with Crippen LogP contribution in [0.4, 0.5) is 0 Å². The lowest BCUT2D eigenvalue weighted by Crippen LogP contribution is -2.57. The zero-order chi connectivity index (χ0) is 16.5. The molecule has 5 nitrogen and oxygen atoms in total. The van der Waals surface area contributed by atoms with Gasteiger partial charge in [0.05, 0.1) is 32.2 Å². The molecule has 0 saturated carbocycles. The Hall–Kier alpha value is -0.790. The zero-order valence-corrected chi connectivity index (χ0v) is 14.6. The van der Waals surface area contributed by atoms with Gasteiger partial charge < -0.3 is 24.1 Å². The molecule has 1 spiro atoms. The molecule has 2 atom stereocenters. The number of aliphatic hydroxyl groups is 1. The summed E-state index contributed by atoms with van der Waals surface area (Å²) in [4.78, 5) is 0. The largest absolute Gasteiger partial charge is 0.497 e. The molecule has 2 aliphatic rings. The molecule has 2 fully saturated rings. The summed E-state index contributed by atoms with van der Waals surface area (Å²) in [5.74, 6) is 1.06. The normalized spacial score (nSPS) is 28.9. The number of hydrogen-bond acceptors (Lipinski definition) is 6. The van der Waals surface area contributed by atoms with Crippen molar-refractivity contribution in [3.8, 4) is 5.75 Å². The third-order valence-electron chi connectivity index (χ3n) is 4.38. The van der Waals surface area contributed by atoms with Crippen molar-refractivity contribution in [1.82, 2.24) is 0 Å². The Morgan fingerprint density at radius 1 is 1.17 bits per heavy atom. The van der Waals surface area contributed by atoms with Crippen LogP contribution in [0.1, 0.15) is 19.4 Å². The number of hydrogen-bond donors (Lipinski definition) is 1. The average molecular weight is 340 g/mol. The van der Waals surface area contributed by atoms with E-state index in [4.69, 9.17) is 18.9 Å². The van der Waals surface area contributed by atoms with Gasteiger partial charge in [0.2, 0.25) is 0 Å². The minimum Gasteiger partial charge on any atom is -0.497 e. The summed E-state index contributed by atoms with van der Waals surface area (Å²) >= 11 is 1.70. The Morgan fingerprint density at radius 3 is 2.43 bits per heavy atom. The Balaban J connectivity index is 1.55. The van der Waals surface area contributed by atoms with E-state index in [0.29, 0.717) is 19.8 Å². The van der Waals surface area contributed by atoms with Gasteiger partial charge in [-0.25, -0.2) is 0 Å². The van der Waals surface area contributed by atoms with Gasteiger partial charge in [-0.2, -0.15) is 0 Å². The second-order valence-electron chi connectivity index (χ2n) is 6.50. The van der Waals surface area contributed by atoms with Gasteiger partial charge in [0.25, 0.3) is 0 Å². The average Bonchev–Trinajstić information content (AvgIpc) is 2.86. The summed E-state index contributed by atoms with van der Waals surface area (Å²) < 4.78 is 22.4. The maximum absolute atomic E-state index is 10.7. The third-order valence-corrected chi connectivity index (χ3v) is 5.70. The first-order chi connectivity index (χ1) is 10.9. The maximum atomic E-state index is 10.7. The van der Waals surface area contributed by atoms with E-state index in [0.717, 1.165) is 11.5 Å². The predicted molar refractivity (Wildman–Crippen MR) is 88.7 cm³/mol. The van der Waals surface area contributed by atoms with Crippen molar-refractivity contribution in [3.63, 3.8) is 0 Å². The summed E-state index contributed by atoms with van der Waals surface area (Å²) in [6.07, 6.45) is -0.596. The van der Waals surface area contributed by atoms with Gasteiger partial charge in [-0.1, -0.05) is 12.1 Å². The van der Waals surface area contributed by atoms with Gasteiger partial charge in [-0.3, -0.25) is 0 Å². The SMILES string of the molecule is COc1ccc(CS[C@H]2COC3(COC(C)(C)OC3)[C@@H]2O)cc1. The highest BCUT2D eigenvalue weighted by Crippen LogP contribution is 2.39. The summed E-state index contributed by atoms with van der Waals surface area (Å²) in [6, 6.07) is 7.98. The number of thioether (sulfide) groups is 1. The predicted octanol–water partition coefficient (Wildman–Crippen LogP) is 2.21. The summed E-state index contributed by atoms with van der Waals surface area (Å²) in [5.41, 5.74) is 0.467. The van der Waals surface area contributed by atoms with Gasteiger partial charge in [-0.05, 0) is 31.5 Å². The molecule has 2 saturated heterocycles. The molecule has 6 heteroatoms. The Bertz CT molecular complexity index is 520. The molecule has 1 aromatic carbocycles. The van der Waals surface area contributed by atoms with E-state index in [1.165, 1.54) is 5.56 Å². The molecule has 3 rings (SSSR count). The number of ether oxygens (including phenoxy) is 4. The first-order valence-corrected chi connectivity index (χ1v) is 8.83. The van der Waals surface area contributed by atoms with E-state index in [9.17, 15) is 5.11 Å². The number of benzene rings is 1. The zero-order valence-electron chi connectivity index (χ0n) is 13.8. The topological polar surface area (TPSA) is 57.2 Å². The minimum atomic E-state index is -0.729. The number of methoxy groups -OCH3 is 1. The van der Waals surface area contributed by atoms with Crippen molar-refractivity contribution in [2.24, 2.45) is 0 Å². The smallest absolute Gasteiger partial charge is 0.163 e. The molecule has 0 radical (unpaired) electrons. The van der Waals surface area contributed by atoms with E-state index in [1.54, 1.807) is 18.9 Å². The van der Waals surface area contributed by atoms with Crippen LogP contribution in [0.5, 0.6) is 5.75 Å². The molecule has 1 N–H and O–H groups in total. The monoisotopic (exact) mass is 340 g/mol. The lowest BCUT2D eigenvalue weighted by Gasteiger charge is -2.42. The van der Waals surface area contributed by atoms with Gasteiger partial charge in [0.15, 0.2) is 5.79 Å². The fraction of sp³-hybridized carbons (Fsp3) is 0.647. The lowest BCUT2D eigenvalue weighted by atomic mass is 9.97. The molecule has 0 aromatic heterocycles. The molecule has 0 amide bonds. The van der Waals surface area contributed by atoms with Crippen LogP contribution in [0, 0.1) is 0 Å². The fourth-order valence-electron chi connectivity index (χ4n) is 2.76. The second kappa shape index (κ2) is 6.61. The Labute approximate surface area is 141 Å². The van der Waals surface area contributed by atoms with Crippen LogP contribution in [0.2, 0.25) is 0 Å². The van der Waals surface area contributed by atoms with Gasteiger partial charge >= 0.3 is 0 Å². The van der Waals surface area contributed by atoms with E-state index in [-0.39, 0.29) is 5.25 Å². The highest BCUT2D eigenvalue weighted by molar-refractivity contribution is 7.99. The van der Waals surface area contributed by atoms with Crippen LogP contribution >= 0.6 is 11.8 Å². The van der Waals surface area contributed by atoms with Crippen molar-refractivity contribution < 1.29 is 24.1 Å². The summed E-state index contributed by atoms with van der Waals surface area (Å²) in [5, 5.41) is 10.7. The number of rotatable bonds is 4. The Kier molecular flexibility index (Phi) is 4.90. The van der Waals surface area contributed by atoms with Crippen molar-refractivity contribution in [3.05, 3.63) is 29.8 Å². The van der Waals surface area contributed by atoms with E-state index >= 15 is 0 Å². The summed E-state index contributed by atoms with van der Waals surface area (Å²) in [6.45, 7) is 4.98. The lowest BCUT2D eigenvalue weighted by molar-refractivity contribution is -0.312. The Morgan fingerprint density at radius 2 is 1.83 bits per heavy atom. The molecular formula is C17H24O5S. The first kappa shape index (κ1) is 17.0. The van der Waals surface area contributed by atoms with Crippen LogP contribution < -0.4 is 4.74 Å². The van der Waals surface area contributed by atoms with Crippen LogP contribution in [-0.4, -0.2) is 54.8 Å². The van der Waals surface area contributed by atoms with Gasteiger partial charge in [0, 0.05) is 5.75 Å². The quantitative estimate of drug-likeness (QED) is 0.907. The van der Waals surface area contributed by atoms with E-state index < -0.39 is 17.5 Å². The van der Waals surface area contributed by atoms with Crippen LogP contribution in [-0.2, 0) is 20.0 Å². The standard InChI is InChI=1S/C17H24O5S/c1-16(2)21-10-17(11-22-16)15(18)14(8-20-17)23-9-12-4-6-13(19-3)7-5-12/h4-7,14-15,18H,8-11H2,1-3H3/t14-,15+/m0/s1. The summed E-state index contributed by atoms with van der Waals surface area (Å²) in [7, 11) is 1.66. The van der Waals surface area contributed by atoms with Crippen molar-refractivity contribution in [2.45, 2.75) is 42.3 Å². The fourth-order valence-corrected chi connectivity index (χ4v) is 3.95. The molecule has 23 heavy (non-hydrogen) atoms. The number of aliphatic hydroxyl groups excluding tert-OH is 1. The first-order valence-electron chi connectivity index (χ1n) is 7.79. The van der Waals surface area contributed by atoms with Crippen LogP contribution in [0.15, 0.2) is 24.3 Å². The molecule has 0 unspecified atom stereocenters. The van der Waals surface area contributed by atoms with Crippen molar-refractivity contribution in [1.29, 1.82) is 0 Å². The van der Waals surface area contributed by atoms with Gasteiger partial charge in [0.1, 0.15) is 17.5 Å². The maximum Gasteiger partial charge on any atom is 0.163 e. The van der Waals surface area contributed by atoms with Crippen LogP contribution in [0.3, 0.4) is 0 Å². The highest BCUT2D eigenvalue weighted by atomic mass is 32.2. The van der Waals surface area contributed by atoms with E-state index in [1.807, 2.05) is 38.1 Å². The van der Waals surface area contributed by atoms with Crippen molar-refractivity contribution >= 4 is 11.8 Å². The minimum absolute atomic E-state index is 0.0190. The third kappa shape index (κ3) is 3.67. The van der Waals surface area contributed by atoms with Gasteiger partial charge in [-0.15, -0.1) is 11.8 Å². The van der Waals surface area contributed by atoms with Crippen molar-refractivity contribution in [2.75, 3.05) is 26.9 Å². The molecule has 128 valence electrons. The van der Waals surface area contributed by atoms with E-state index in [2.05, 4.69) is 0 Å². The molecule has 0 bridgehead atoms. The van der Waals surface area contributed by atoms with Crippen LogP contribution in [0.25, 0.3) is 0 Å². The molecule has 2 aliphatic heterocycles. The molecule has 0 aliphatic carbocycles. The second-order valence-corrected chi connectivity index (χ2v) is 7.72. The molecular weight excluding hydrogens is 316 g/mol.